The highest BCUT2D eigenvalue weighted by atomic mass is 32.1. The zero-order valence-corrected chi connectivity index (χ0v) is 17.8. The second-order valence-corrected chi connectivity index (χ2v) is 9.02. The van der Waals surface area contributed by atoms with Crippen molar-refractivity contribution in [3.63, 3.8) is 0 Å². The Balaban J connectivity index is 1.29. The first-order chi connectivity index (χ1) is 14.1. The number of ketones is 1. The van der Waals surface area contributed by atoms with E-state index in [9.17, 15) is 4.79 Å². The molecule has 152 valence electrons. The van der Waals surface area contributed by atoms with E-state index in [2.05, 4.69) is 41.0 Å². The van der Waals surface area contributed by atoms with E-state index in [-0.39, 0.29) is 11.7 Å². The summed E-state index contributed by atoms with van der Waals surface area (Å²) in [4.78, 5) is 19.7. The number of hydrogen-bond donors (Lipinski definition) is 0. The molecular weight excluding hydrogens is 382 g/mol. The molecule has 3 heterocycles. The molecule has 6 heteroatoms. The van der Waals surface area contributed by atoms with E-state index in [0.717, 1.165) is 43.5 Å². The third-order valence-electron chi connectivity index (χ3n) is 5.44. The van der Waals surface area contributed by atoms with Crippen LogP contribution in [0.2, 0.25) is 0 Å². The van der Waals surface area contributed by atoms with Gasteiger partial charge < -0.3 is 4.52 Å². The third-order valence-corrected chi connectivity index (χ3v) is 6.13. The molecule has 1 aromatic carbocycles. The minimum Gasteiger partial charge on any atom is -0.334 e. The van der Waals surface area contributed by atoms with Gasteiger partial charge in [-0.2, -0.15) is 16.3 Å². The molecular formula is C23H27N3O2S. The molecule has 0 spiro atoms. The number of aromatic nitrogens is 2. The van der Waals surface area contributed by atoms with Crippen molar-refractivity contribution in [2.24, 2.45) is 11.8 Å². The molecule has 1 aliphatic rings. The summed E-state index contributed by atoms with van der Waals surface area (Å²) >= 11 is 1.61. The van der Waals surface area contributed by atoms with Crippen molar-refractivity contribution in [3.05, 3.63) is 58.0 Å². The Morgan fingerprint density at radius 2 is 1.97 bits per heavy atom. The van der Waals surface area contributed by atoms with Crippen LogP contribution in [-0.4, -0.2) is 33.9 Å². The zero-order valence-electron chi connectivity index (χ0n) is 17.0. The number of thiophene rings is 1. The number of Topliss-reactive ketones (excluding diaryl/α,β-unsaturated/α-hetero) is 1. The van der Waals surface area contributed by atoms with Gasteiger partial charge >= 0.3 is 0 Å². The van der Waals surface area contributed by atoms with E-state index < -0.39 is 0 Å². The molecule has 0 N–H and O–H groups in total. The summed E-state index contributed by atoms with van der Waals surface area (Å²) in [6.07, 6.45) is 2.81. The Hall–Kier alpha value is -2.31. The molecule has 1 fully saturated rings. The molecule has 1 aliphatic heterocycles. The van der Waals surface area contributed by atoms with Crippen LogP contribution in [0.3, 0.4) is 0 Å². The number of carbonyl (C=O) groups is 1. The predicted molar refractivity (Wildman–Crippen MR) is 115 cm³/mol. The van der Waals surface area contributed by atoms with E-state index in [1.54, 1.807) is 11.3 Å². The molecule has 0 radical (unpaired) electrons. The first-order valence-electron chi connectivity index (χ1n) is 10.3. The fraction of sp³-hybridized carbons (Fsp3) is 0.435. The monoisotopic (exact) mass is 409 g/mol. The lowest BCUT2D eigenvalue weighted by Crippen LogP contribution is -2.36. The lowest BCUT2D eigenvalue weighted by molar-refractivity contribution is 0.0832. The van der Waals surface area contributed by atoms with E-state index >= 15 is 0 Å². The van der Waals surface area contributed by atoms with Gasteiger partial charge in [-0.3, -0.25) is 9.69 Å². The van der Waals surface area contributed by atoms with Crippen LogP contribution in [0.25, 0.3) is 11.5 Å². The number of piperidine rings is 1. The van der Waals surface area contributed by atoms with Gasteiger partial charge in [0.2, 0.25) is 0 Å². The number of nitrogens with zero attached hydrogens (tertiary/aromatic N) is 3. The Morgan fingerprint density at radius 3 is 2.62 bits per heavy atom. The molecule has 0 saturated carbocycles. The van der Waals surface area contributed by atoms with Crippen molar-refractivity contribution >= 4 is 17.1 Å². The van der Waals surface area contributed by atoms with Crippen molar-refractivity contribution in [1.29, 1.82) is 0 Å². The Morgan fingerprint density at radius 1 is 1.21 bits per heavy atom. The maximum Gasteiger partial charge on any atom is 0.258 e. The maximum atomic E-state index is 12.9. The standard InChI is InChI=1S/C23H27N3O2S/c1-16(2)13-17-3-5-18(6-4-17)22(27)19-7-10-26(11-8-19)14-21-24-23(28-25-21)20-9-12-29-15-20/h3-6,9,12,15-16,19H,7-8,10-11,13-14H2,1-2H3. The SMILES string of the molecule is CC(C)Cc1ccc(C(=O)C2CCN(Cc3noc(-c4ccsc4)n3)CC2)cc1. The summed E-state index contributed by atoms with van der Waals surface area (Å²) in [6.45, 7) is 6.85. The van der Waals surface area contributed by atoms with Crippen LogP contribution in [0, 0.1) is 11.8 Å². The Kier molecular flexibility index (Phi) is 6.21. The highest BCUT2D eigenvalue weighted by Crippen LogP contribution is 2.24. The van der Waals surface area contributed by atoms with E-state index in [4.69, 9.17) is 4.52 Å². The summed E-state index contributed by atoms with van der Waals surface area (Å²) in [5.41, 5.74) is 3.11. The topological polar surface area (TPSA) is 59.2 Å². The highest BCUT2D eigenvalue weighted by Gasteiger charge is 2.26. The quantitative estimate of drug-likeness (QED) is 0.509. The molecule has 0 bridgehead atoms. The van der Waals surface area contributed by atoms with Gasteiger partial charge in [0.15, 0.2) is 11.6 Å². The van der Waals surface area contributed by atoms with Crippen LogP contribution in [0.1, 0.15) is 48.4 Å². The van der Waals surface area contributed by atoms with Gasteiger partial charge in [-0.1, -0.05) is 43.3 Å². The molecule has 0 amide bonds. The van der Waals surface area contributed by atoms with Gasteiger partial charge in [0.25, 0.3) is 5.89 Å². The summed E-state index contributed by atoms with van der Waals surface area (Å²) in [6, 6.07) is 10.2. The first-order valence-corrected chi connectivity index (χ1v) is 11.2. The summed E-state index contributed by atoms with van der Waals surface area (Å²) in [5.74, 6) is 2.29. The predicted octanol–water partition coefficient (Wildman–Crippen LogP) is 5.09. The number of likely N-dealkylation sites (tertiary alicyclic amines) is 1. The fourth-order valence-corrected chi connectivity index (χ4v) is 4.52. The molecule has 1 saturated heterocycles. The second-order valence-electron chi connectivity index (χ2n) is 8.24. The van der Waals surface area contributed by atoms with Crippen LogP contribution in [0.15, 0.2) is 45.6 Å². The maximum absolute atomic E-state index is 12.9. The van der Waals surface area contributed by atoms with E-state index in [0.29, 0.717) is 24.2 Å². The third kappa shape index (κ3) is 5.00. The number of rotatable bonds is 7. The molecule has 0 aliphatic carbocycles. The molecule has 0 unspecified atom stereocenters. The van der Waals surface area contributed by atoms with E-state index in [1.807, 2.05) is 29.0 Å². The van der Waals surface area contributed by atoms with Crippen LogP contribution in [-0.2, 0) is 13.0 Å². The van der Waals surface area contributed by atoms with Crippen molar-refractivity contribution in [2.75, 3.05) is 13.1 Å². The van der Waals surface area contributed by atoms with Crippen molar-refractivity contribution in [2.45, 2.75) is 39.7 Å². The molecule has 0 atom stereocenters. The minimum atomic E-state index is 0.105. The van der Waals surface area contributed by atoms with Gasteiger partial charge in [0, 0.05) is 16.9 Å². The first kappa shape index (κ1) is 20.0. The molecule has 29 heavy (non-hydrogen) atoms. The van der Waals surface area contributed by atoms with Crippen LogP contribution < -0.4 is 0 Å². The van der Waals surface area contributed by atoms with Crippen LogP contribution in [0.4, 0.5) is 0 Å². The average Bonchev–Trinajstić information content (AvgIpc) is 3.40. The number of carbonyl (C=O) groups excluding carboxylic acids is 1. The number of hydrogen-bond acceptors (Lipinski definition) is 6. The van der Waals surface area contributed by atoms with Crippen molar-refractivity contribution in [1.82, 2.24) is 15.0 Å². The lowest BCUT2D eigenvalue weighted by Gasteiger charge is -2.30. The summed E-state index contributed by atoms with van der Waals surface area (Å²) in [7, 11) is 0. The molecule has 2 aromatic heterocycles. The van der Waals surface area contributed by atoms with Gasteiger partial charge in [0.05, 0.1) is 12.1 Å². The second kappa shape index (κ2) is 9.01. The largest absolute Gasteiger partial charge is 0.334 e. The zero-order chi connectivity index (χ0) is 20.2. The molecule has 5 nitrogen and oxygen atoms in total. The minimum absolute atomic E-state index is 0.105. The average molecular weight is 410 g/mol. The van der Waals surface area contributed by atoms with Crippen molar-refractivity contribution in [3.8, 4) is 11.5 Å². The van der Waals surface area contributed by atoms with Gasteiger partial charge in [0.1, 0.15) is 0 Å². The molecule has 4 rings (SSSR count). The Labute approximate surface area is 175 Å². The summed E-state index contributed by atoms with van der Waals surface area (Å²) in [5, 5.41) is 8.11. The van der Waals surface area contributed by atoms with Crippen molar-refractivity contribution < 1.29 is 9.32 Å². The highest BCUT2D eigenvalue weighted by molar-refractivity contribution is 7.08. The normalized spacial score (nSPS) is 15.8. The Bertz CT molecular complexity index is 923. The van der Waals surface area contributed by atoms with Gasteiger partial charge in [-0.05, 0) is 55.3 Å². The molecule has 3 aromatic rings. The number of benzene rings is 1. The summed E-state index contributed by atoms with van der Waals surface area (Å²) < 4.78 is 5.37. The lowest BCUT2D eigenvalue weighted by atomic mass is 9.88. The van der Waals surface area contributed by atoms with Gasteiger partial charge in [-0.15, -0.1) is 0 Å². The van der Waals surface area contributed by atoms with E-state index in [1.165, 1.54) is 5.56 Å². The smallest absolute Gasteiger partial charge is 0.258 e. The fourth-order valence-electron chi connectivity index (χ4n) is 3.89. The van der Waals surface area contributed by atoms with Gasteiger partial charge in [-0.25, -0.2) is 0 Å². The van der Waals surface area contributed by atoms with Crippen LogP contribution >= 0.6 is 11.3 Å². The van der Waals surface area contributed by atoms with Crippen LogP contribution in [0.5, 0.6) is 0 Å².